The molecule has 1 aromatic rings. The number of oxime groups is 1. The number of hydrogen-bond acceptors (Lipinski definition) is 5. The van der Waals surface area contributed by atoms with E-state index in [0.29, 0.717) is 11.5 Å². The van der Waals surface area contributed by atoms with Crippen LogP contribution in [0.15, 0.2) is 33.0 Å². The predicted octanol–water partition coefficient (Wildman–Crippen LogP) is 3.58. The summed E-state index contributed by atoms with van der Waals surface area (Å²) in [7, 11) is 0. The molecule has 112 valence electrons. The molecule has 0 bridgehead atoms. The second kappa shape index (κ2) is 4.76. The van der Waals surface area contributed by atoms with E-state index in [1.54, 1.807) is 13.0 Å². The summed E-state index contributed by atoms with van der Waals surface area (Å²) in [6.07, 6.45) is 4.03. The van der Waals surface area contributed by atoms with Crippen LogP contribution in [0, 0.1) is 5.41 Å². The molecule has 21 heavy (non-hydrogen) atoms. The first-order chi connectivity index (χ1) is 9.99. The molecule has 2 heterocycles. The maximum absolute atomic E-state index is 12.3. The zero-order valence-corrected chi connectivity index (χ0v) is 12.5. The zero-order valence-electron chi connectivity index (χ0n) is 12.5. The number of allylic oxidation sites excluding steroid dienone is 1. The first-order valence-electron chi connectivity index (χ1n) is 7.16. The van der Waals surface area contributed by atoms with Crippen molar-refractivity contribution < 1.29 is 19.2 Å². The third-order valence-electron chi connectivity index (χ3n) is 4.71. The lowest BCUT2D eigenvalue weighted by molar-refractivity contribution is -0.140. The van der Waals surface area contributed by atoms with E-state index in [1.807, 2.05) is 6.92 Å². The molecule has 3 rings (SSSR count). The molecular formula is C16H19NO4. The smallest absolute Gasteiger partial charge is 0.335 e. The highest BCUT2D eigenvalue weighted by atomic mass is 16.6. The second-order valence-corrected chi connectivity index (χ2v) is 6.10. The summed E-state index contributed by atoms with van der Waals surface area (Å²) in [5, 5.41) is 12.2. The number of hydrogen-bond donors (Lipinski definition) is 1. The molecule has 1 fully saturated rings. The minimum Gasteiger partial charge on any atom is -0.463 e. The van der Waals surface area contributed by atoms with Gasteiger partial charge in [0.25, 0.3) is 0 Å². The van der Waals surface area contributed by atoms with Gasteiger partial charge in [0.2, 0.25) is 0 Å². The summed E-state index contributed by atoms with van der Waals surface area (Å²) < 4.78 is 11.1. The normalized spacial score (nSPS) is 29.6. The number of carbonyl (C=O) groups excluding carboxylic acids is 1. The van der Waals surface area contributed by atoms with Crippen molar-refractivity contribution in [2.45, 2.75) is 46.1 Å². The van der Waals surface area contributed by atoms with E-state index >= 15 is 0 Å². The number of cyclic esters (lactones) is 1. The molecule has 2 atom stereocenters. The maximum Gasteiger partial charge on any atom is 0.335 e. The Labute approximate surface area is 123 Å². The SMILES string of the molecule is CC1=C2C(=O)O[C@@H](c3ccoc3/C(C)=N/O)[C@]2(C)CCC1. The van der Waals surface area contributed by atoms with Crippen LogP contribution in [-0.4, -0.2) is 16.9 Å². The van der Waals surface area contributed by atoms with E-state index in [1.165, 1.54) is 6.26 Å². The highest BCUT2D eigenvalue weighted by Crippen LogP contribution is 2.56. The average Bonchev–Trinajstić information content (AvgIpc) is 3.01. The van der Waals surface area contributed by atoms with Crippen LogP contribution in [0.2, 0.25) is 0 Å². The molecule has 0 unspecified atom stereocenters. The lowest BCUT2D eigenvalue weighted by Gasteiger charge is -2.33. The van der Waals surface area contributed by atoms with Crippen LogP contribution in [0.5, 0.6) is 0 Å². The molecule has 5 nitrogen and oxygen atoms in total. The fraction of sp³-hybridized carbons (Fsp3) is 0.500. The maximum atomic E-state index is 12.3. The molecular weight excluding hydrogens is 270 g/mol. The van der Waals surface area contributed by atoms with Crippen LogP contribution >= 0.6 is 0 Å². The van der Waals surface area contributed by atoms with Gasteiger partial charge in [0, 0.05) is 16.6 Å². The molecule has 1 saturated heterocycles. The Morgan fingerprint density at radius 1 is 1.52 bits per heavy atom. The fourth-order valence-electron chi connectivity index (χ4n) is 3.70. The van der Waals surface area contributed by atoms with E-state index in [-0.39, 0.29) is 17.5 Å². The van der Waals surface area contributed by atoms with Crippen molar-refractivity contribution in [3.8, 4) is 0 Å². The zero-order chi connectivity index (χ0) is 15.2. The molecule has 1 N–H and O–H groups in total. The Hall–Kier alpha value is -2.04. The molecule has 1 aliphatic carbocycles. The molecule has 1 aromatic heterocycles. The molecule has 2 aliphatic rings. The average molecular weight is 289 g/mol. The van der Waals surface area contributed by atoms with Gasteiger partial charge >= 0.3 is 5.97 Å². The summed E-state index contributed by atoms with van der Waals surface area (Å²) in [6.45, 7) is 5.74. The number of nitrogens with zero attached hydrogens (tertiary/aromatic N) is 1. The Kier molecular flexibility index (Phi) is 3.15. The first kappa shape index (κ1) is 13.9. The molecule has 5 heteroatoms. The summed E-state index contributed by atoms with van der Waals surface area (Å²) in [6, 6.07) is 1.79. The predicted molar refractivity (Wildman–Crippen MR) is 76.2 cm³/mol. The third kappa shape index (κ3) is 1.91. The van der Waals surface area contributed by atoms with Crippen LogP contribution < -0.4 is 0 Å². The van der Waals surface area contributed by atoms with E-state index in [9.17, 15) is 4.79 Å². The molecule has 1 aliphatic heterocycles. The van der Waals surface area contributed by atoms with Gasteiger partial charge in [-0.1, -0.05) is 17.7 Å². The number of ether oxygens (including phenoxy) is 1. The van der Waals surface area contributed by atoms with Crippen molar-refractivity contribution in [2.24, 2.45) is 10.6 Å². The van der Waals surface area contributed by atoms with Crippen molar-refractivity contribution >= 4 is 11.7 Å². The largest absolute Gasteiger partial charge is 0.463 e. The van der Waals surface area contributed by atoms with Gasteiger partial charge in [-0.3, -0.25) is 0 Å². The van der Waals surface area contributed by atoms with Gasteiger partial charge in [-0.05, 0) is 39.2 Å². The minimum absolute atomic E-state index is 0.231. The number of furan rings is 1. The van der Waals surface area contributed by atoms with Crippen LogP contribution in [-0.2, 0) is 9.53 Å². The minimum atomic E-state index is -0.388. The summed E-state index contributed by atoms with van der Waals surface area (Å²) in [5.41, 5.74) is 2.73. The quantitative estimate of drug-likeness (QED) is 0.391. The van der Waals surface area contributed by atoms with Gasteiger partial charge < -0.3 is 14.4 Å². The van der Waals surface area contributed by atoms with E-state index < -0.39 is 0 Å². The van der Waals surface area contributed by atoms with Gasteiger partial charge in [-0.15, -0.1) is 0 Å². The summed E-state index contributed by atoms with van der Waals surface area (Å²) in [5.74, 6) is 0.242. The second-order valence-electron chi connectivity index (χ2n) is 6.10. The van der Waals surface area contributed by atoms with Crippen LogP contribution in [0.1, 0.15) is 57.5 Å². The van der Waals surface area contributed by atoms with Gasteiger partial charge in [0.05, 0.1) is 6.26 Å². The summed E-state index contributed by atoms with van der Waals surface area (Å²) in [4.78, 5) is 12.3. The topological polar surface area (TPSA) is 72.0 Å². The molecule has 0 aromatic carbocycles. The van der Waals surface area contributed by atoms with E-state index in [4.69, 9.17) is 14.4 Å². The van der Waals surface area contributed by atoms with E-state index in [0.717, 1.165) is 36.0 Å². The molecule has 0 amide bonds. The Bertz CT molecular complexity index is 655. The Morgan fingerprint density at radius 2 is 2.29 bits per heavy atom. The fourth-order valence-corrected chi connectivity index (χ4v) is 3.70. The van der Waals surface area contributed by atoms with Crippen LogP contribution in [0.3, 0.4) is 0 Å². The highest BCUT2D eigenvalue weighted by molar-refractivity contribution is 5.98. The van der Waals surface area contributed by atoms with Crippen LogP contribution in [0.4, 0.5) is 0 Å². The first-order valence-corrected chi connectivity index (χ1v) is 7.16. The third-order valence-corrected chi connectivity index (χ3v) is 4.71. The highest BCUT2D eigenvalue weighted by Gasteiger charge is 2.53. The van der Waals surface area contributed by atoms with Crippen molar-refractivity contribution in [2.75, 3.05) is 0 Å². The molecule has 0 saturated carbocycles. The number of esters is 1. The standard InChI is InChI=1S/C16H19NO4/c1-9-5-4-7-16(3)12(9)15(18)21-14(16)11-6-8-20-13(11)10(2)17-19/h6,8,14,19H,4-5,7H2,1-3H3/b17-10+/t14-,16+/m0/s1. The lowest BCUT2D eigenvalue weighted by atomic mass is 9.68. The number of fused-ring (bicyclic) bond motifs is 1. The van der Waals surface area contributed by atoms with E-state index in [2.05, 4.69) is 12.1 Å². The number of rotatable bonds is 2. The molecule has 0 spiro atoms. The van der Waals surface area contributed by atoms with Crippen molar-refractivity contribution in [3.05, 3.63) is 34.8 Å². The van der Waals surface area contributed by atoms with Crippen LogP contribution in [0.25, 0.3) is 0 Å². The Balaban J connectivity index is 2.11. The Morgan fingerprint density at radius 3 is 3.00 bits per heavy atom. The van der Waals surface area contributed by atoms with Crippen molar-refractivity contribution in [3.63, 3.8) is 0 Å². The van der Waals surface area contributed by atoms with Gasteiger partial charge in [-0.2, -0.15) is 0 Å². The lowest BCUT2D eigenvalue weighted by Crippen LogP contribution is -2.27. The monoisotopic (exact) mass is 289 g/mol. The molecule has 0 radical (unpaired) electrons. The van der Waals surface area contributed by atoms with Gasteiger partial charge in [0.15, 0.2) is 5.76 Å². The number of carbonyl (C=O) groups is 1. The van der Waals surface area contributed by atoms with Crippen molar-refractivity contribution in [1.29, 1.82) is 0 Å². The summed E-state index contributed by atoms with van der Waals surface area (Å²) >= 11 is 0. The van der Waals surface area contributed by atoms with Gasteiger partial charge in [-0.25, -0.2) is 4.79 Å². The van der Waals surface area contributed by atoms with Gasteiger partial charge in [0.1, 0.15) is 11.8 Å². The van der Waals surface area contributed by atoms with Crippen molar-refractivity contribution in [1.82, 2.24) is 0 Å².